The summed E-state index contributed by atoms with van der Waals surface area (Å²) in [5.41, 5.74) is -1.41. The molecule has 0 aromatic rings. The first-order chi connectivity index (χ1) is 10.8. The molecule has 24 heavy (non-hydrogen) atoms. The van der Waals surface area contributed by atoms with Crippen LogP contribution in [0.25, 0.3) is 0 Å². The van der Waals surface area contributed by atoms with Gasteiger partial charge in [-0.05, 0) is 61.3 Å². The molecule has 0 aromatic carbocycles. The third-order valence-electron chi connectivity index (χ3n) is 2.78. The monoisotopic (exact) mass is 345 g/mol. The molecular weight excluding hydrogens is 314 g/mol. The van der Waals surface area contributed by atoms with E-state index in [1.807, 2.05) is 0 Å². The van der Waals surface area contributed by atoms with Crippen LogP contribution in [0.15, 0.2) is 0 Å². The number of nitrogens with zero attached hydrogens (tertiary/aromatic N) is 1. The van der Waals surface area contributed by atoms with E-state index in [2.05, 4.69) is 4.74 Å². The lowest BCUT2D eigenvalue weighted by Crippen LogP contribution is -2.49. The van der Waals surface area contributed by atoms with Gasteiger partial charge in [-0.25, -0.2) is 4.79 Å². The van der Waals surface area contributed by atoms with E-state index in [9.17, 15) is 14.4 Å². The van der Waals surface area contributed by atoms with Crippen LogP contribution < -0.4 is 0 Å². The Kier molecular flexibility index (Phi) is 8.40. The molecule has 7 heteroatoms. The van der Waals surface area contributed by atoms with Crippen molar-refractivity contribution in [2.24, 2.45) is 0 Å². The van der Waals surface area contributed by atoms with Crippen LogP contribution >= 0.6 is 0 Å². The average Bonchev–Trinajstić information content (AvgIpc) is 2.37. The SMILES string of the molecule is COC(=O)CCCC(C(C)=O)N(OC(C)(C)C)C(=O)OC(C)(C)C. The molecular formula is C17H31NO6. The number of hydrogen-bond donors (Lipinski definition) is 0. The van der Waals surface area contributed by atoms with Gasteiger partial charge in [0.15, 0.2) is 5.78 Å². The Bertz CT molecular complexity index is 447. The highest BCUT2D eigenvalue weighted by molar-refractivity contribution is 5.85. The van der Waals surface area contributed by atoms with E-state index in [1.54, 1.807) is 41.5 Å². The molecule has 0 rings (SSSR count). The van der Waals surface area contributed by atoms with Gasteiger partial charge in [0.25, 0.3) is 0 Å². The van der Waals surface area contributed by atoms with Gasteiger partial charge in [-0.1, -0.05) is 0 Å². The molecule has 0 aliphatic rings. The van der Waals surface area contributed by atoms with Crippen molar-refractivity contribution < 1.29 is 28.7 Å². The predicted octanol–water partition coefficient (Wildman–Crippen LogP) is 3.25. The van der Waals surface area contributed by atoms with Crippen molar-refractivity contribution in [1.82, 2.24) is 5.06 Å². The topological polar surface area (TPSA) is 82.1 Å². The molecule has 0 spiro atoms. The van der Waals surface area contributed by atoms with Gasteiger partial charge in [0, 0.05) is 6.42 Å². The zero-order valence-electron chi connectivity index (χ0n) is 16.1. The van der Waals surface area contributed by atoms with Gasteiger partial charge < -0.3 is 9.47 Å². The van der Waals surface area contributed by atoms with E-state index in [4.69, 9.17) is 9.57 Å². The van der Waals surface area contributed by atoms with Gasteiger partial charge in [-0.15, -0.1) is 0 Å². The summed E-state index contributed by atoms with van der Waals surface area (Å²) in [6.45, 7) is 11.9. The molecule has 1 unspecified atom stereocenters. The average molecular weight is 345 g/mol. The maximum atomic E-state index is 12.5. The maximum absolute atomic E-state index is 12.5. The molecule has 140 valence electrons. The van der Waals surface area contributed by atoms with Crippen LogP contribution in [-0.2, 0) is 23.9 Å². The summed E-state index contributed by atoms with van der Waals surface area (Å²) < 4.78 is 9.93. The zero-order chi connectivity index (χ0) is 19.1. The molecule has 0 heterocycles. The summed E-state index contributed by atoms with van der Waals surface area (Å²) in [6.07, 6.45) is 0.109. The normalized spacial score (nSPS) is 13.2. The lowest BCUT2D eigenvalue weighted by atomic mass is 10.1. The fourth-order valence-electron chi connectivity index (χ4n) is 1.86. The number of hydrogen-bond acceptors (Lipinski definition) is 6. The molecule has 1 atom stereocenters. The smallest absolute Gasteiger partial charge is 0.435 e. The van der Waals surface area contributed by atoms with Gasteiger partial charge in [0.1, 0.15) is 11.6 Å². The van der Waals surface area contributed by atoms with Gasteiger partial charge in [0.2, 0.25) is 0 Å². The zero-order valence-corrected chi connectivity index (χ0v) is 16.1. The Morgan fingerprint density at radius 2 is 1.54 bits per heavy atom. The van der Waals surface area contributed by atoms with Crippen molar-refractivity contribution in [3.05, 3.63) is 0 Å². The first-order valence-corrected chi connectivity index (χ1v) is 8.05. The number of hydroxylamine groups is 2. The van der Waals surface area contributed by atoms with Crippen molar-refractivity contribution in [2.45, 2.75) is 85.0 Å². The summed E-state index contributed by atoms with van der Waals surface area (Å²) in [4.78, 5) is 41.4. The molecule has 0 saturated carbocycles. The Balaban J connectivity index is 5.24. The highest BCUT2D eigenvalue weighted by Gasteiger charge is 2.35. The molecule has 0 bridgehead atoms. The third-order valence-corrected chi connectivity index (χ3v) is 2.78. The van der Waals surface area contributed by atoms with Crippen LogP contribution in [-0.4, -0.2) is 47.3 Å². The molecule has 0 aromatic heterocycles. The van der Waals surface area contributed by atoms with Crippen molar-refractivity contribution in [1.29, 1.82) is 0 Å². The van der Waals surface area contributed by atoms with E-state index in [1.165, 1.54) is 14.0 Å². The second-order valence-electron chi connectivity index (χ2n) is 7.60. The van der Waals surface area contributed by atoms with Crippen molar-refractivity contribution in [2.75, 3.05) is 7.11 Å². The van der Waals surface area contributed by atoms with Crippen molar-refractivity contribution >= 4 is 17.8 Å². The quantitative estimate of drug-likeness (QED) is 0.520. The number of ether oxygens (including phenoxy) is 2. The number of Topliss-reactive ketones (excluding diaryl/α,β-unsaturated/α-hetero) is 1. The summed E-state index contributed by atoms with van der Waals surface area (Å²) in [6, 6.07) is -0.830. The number of ketones is 1. The van der Waals surface area contributed by atoms with E-state index in [0.29, 0.717) is 6.42 Å². The van der Waals surface area contributed by atoms with E-state index < -0.39 is 23.3 Å². The van der Waals surface area contributed by atoms with Crippen LogP contribution in [0.5, 0.6) is 0 Å². The molecule has 0 N–H and O–H groups in total. The minimum atomic E-state index is -0.830. The number of rotatable bonds is 7. The largest absolute Gasteiger partial charge is 0.469 e. The second-order valence-corrected chi connectivity index (χ2v) is 7.60. The fourth-order valence-corrected chi connectivity index (χ4v) is 1.86. The van der Waals surface area contributed by atoms with Gasteiger partial charge in [-0.3, -0.25) is 14.4 Å². The maximum Gasteiger partial charge on any atom is 0.435 e. The predicted molar refractivity (Wildman–Crippen MR) is 89.2 cm³/mol. The van der Waals surface area contributed by atoms with Crippen molar-refractivity contribution in [3.63, 3.8) is 0 Å². The molecule has 0 aliphatic carbocycles. The highest BCUT2D eigenvalue weighted by atomic mass is 16.7. The van der Waals surface area contributed by atoms with Gasteiger partial charge in [0.05, 0.1) is 12.7 Å². The Labute approximate surface area is 144 Å². The number of amides is 1. The van der Waals surface area contributed by atoms with Gasteiger partial charge >= 0.3 is 12.1 Å². The summed E-state index contributed by atoms with van der Waals surface area (Å²) in [5.74, 6) is -0.604. The number of carbonyl (C=O) groups excluding carboxylic acids is 3. The Hall–Kier alpha value is -1.63. The minimum absolute atomic E-state index is 0.165. The fraction of sp³-hybridized carbons (Fsp3) is 0.824. The summed E-state index contributed by atoms with van der Waals surface area (Å²) >= 11 is 0. The standard InChI is InChI=1S/C17H31NO6/c1-12(19)13(10-9-11-14(20)22-8)18(24-17(5,6)7)15(21)23-16(2,3)4/h13H,9-11H2,1-8H3. The van der Waals surface area contributed by atoms with E-state index in [0.717, 1.165) is 5.06 Å². The molecule has 0 saturated heterocycles. The molecule has 0 fully saturated rings. The van der Waals surface area contributed by atoms with Crippen LogP contribution in [0.3, 0.4) is 0 Å². The first kappa shape index (κ1) is 22.4. The first-order valence-electron chi connectivity index (χ1n) is 8.05. The Morgan fingerprint density at radius 3 is 1.92 bits per heavy atom. The summed E-state index contributed by atoms with van der Waals surface area (Å²) in [7, 11) is 1.31. The Morgan fingerprint density at radius 1 is 1.00 bits per heavy atom. The van der Waals surface area contributed by atoms with E-state index >= 15 is 0 Å². The van der Waals surface area contributed by atoms with Crippen LogP contribution in [0.1, 0.15) is 67.7 Å². The lowest BCUT2D eigenvalue weighted by molar-refractivity contribution is -0.229. The minimum Gasteiger partial charge on any atom is -0.469 e. The van der Waals surface area contributed by atoms with Crippen LogP contribution in [0.4, 0.5) is 4.79 Å². The molecule has 7 nitrogen and oxygen atoms in total. The van der Waals surface area contributed by atoms with Gasteiger partial charge in [-0.2, -0.15) is 5.06 Å². The lowest BCUT2D eigenvalue weighted by Gasteiger charge is -2.35. The third kappa shape index (κ3) is 9.50. The highest BCUT2D eigenvalue weighted by Crippen LogP contribution is 2.21. The van der Waals surface area contributed by atoms with E-state index in [-0.39, 0.29) is 24.6 Å². The number of esters is 1. The number of methoxy groups -OCH3 is 1. The van der Waals surface area contributed by atoms with Crippen molar-refractivity contribution in [3.8, 4) is 0 Å². The molecule has 0 aliphatic heterocycles. The van der Waals surface area contributed by atoms with Crippen LogP contribution in [0.2, 0.25) is 0 Å². The molecule has 1 amide bonds. The van der Waals surface area contributed by atoms with Crippen LogP contribution in [0, 0.1) is 0 Å². The number of carbonyl (C=O) groups is 3. The summed E-state index contributed by atoms with van der Waals surface area (Å²) in [5, 5.41) is 0.991. The second kappa shape index (κ2) is 9.01. The molecule has 0 radical (unpaired) electrons.